The van der Waals surface area contributed by atoms with Crippen LogP contribution in [0.4, 0.5) is 5.69 Å². The molecule has 5 nitrogen and oxygen atoms in total. The largest absolute Gasteiger partial charge is 0.467 e. The van der Waals surface area contributed by atoms with Crippen LogP contribution in [0.3, 0.4) is 0 Å². The Morgan fingerprint density at radius 1 is 1.30 bits per heavy atom. The number of methoxy groups -OCH3 is 1. The van der Waals surface area contributed by atoms with Crippen molar-refractivity contribution in [3.8, 4) is 0 Å². The van der Waals surface area contributed by atoms with Gasteiger partial charge in [0, 0.05) is 10.2 Å². The molecular formula is C13H16BrNO4S. The summed E-state index contributed by atoms with van der Waals surface area (Å²) in [5, 5.41) is 3.17. The molecule has 0 unspecified atom stereocenters. The molecule has 20 heavy (non-hydrogen) atoms. The van der Waals surface area contributed by atoms with E-state index < -0.39 is 21.3 Å². The fourth-order valence-electron chi connectivity index (χ4n) is 2.28. The fourth-order valence-corrected chi connectivity index (χ4v) is 4.19. The summed E-state index contributed by atoms with van der Waals surface area (Å²) in [6.45, 7) is 0. The van der Waals surface area contributed by atoms with E-state index in [-0.39, 0.29) is 24.3 Å². The van der Waals surface area contributed by atoms with Gasteiger partial charge in [0.25, 0.3) is 0 Å². The Kier molecular flexibility index (Phi) is 4.39. The number of halogens is 1. The lowest BCUT2D eigenvalue weighted by atomic mass is 9.92. The third kappa shape index (κ3) is 3.15. The average molecular weight is 362 g/mol. The smallest absolute Gasteiger partial charge is 0.331 e. The van der Waals surface area contributed by atoms with Crippen LogP contribution in [0.15, 0.2) is 28.7 Å². The van der Waals surface area contributed by atoms with Gasteiger partial charge in [-0.1, -0.05) is 12.1 Å². The van der Waals surface area contributed by atoms with Gasteiger partial charge in [0.05, 0.1) is 18.6 Å². The zero-order valence-electron chi connectivity index (χ0n) is 11.1. The van der Waals surface area contributed by atoms with Gasteiger partial charge in [-0.3, -0.25) is 0 Å². The maximum absolute atomic E-state index is 12.1. The van der Waals surface area contributed by atoms with Crippen molar-refractivity contribution in [1.82, 2.24) is 0 Å². The van der Waals surface area contributed by atoms with Crippen LogP contribution in [0.25, 0.3) is 0 Å². The second-order valence-electron chi connectivity index (χ2n) is 4.83. The van der Waals surface area contributed by atoms with Crippen molar-refractivity contribution in [3.05, 3.63) is 28.7 Å². The summed E-state index contributed by atoms with van der Waals surface area (Å²) in [6, 6.07) is 7.40. The molecule has 0 aliphatic carbocycles. The minimum absolute atomic E-state index is 0.0143. The summed E-state index contributed by atoms with van der Waals surface area (Å²) in [4.78, 5) is 12.1. The van der Waals surface area contributed by atoms with E-state index in [9.17, 15) is 13.2 Å². The van der Waals surface area contributed by atoms with Crippen LogP contribution in [0.1, 0.15) is 12.8 Å². The molecule has 0 bridgehead atoms. The molecule has 0 atom stereocenters. The van der Waals surface area contributed by atoms with Crippen molar-refractivity contribution >= 4 is 37.4 Å². The van der Waals surface area contributed by atoms with Crippen molar-refractivity contribution in [2.24, 2.45) is 0 Å². The third-order valence-corrected chi connectivity index (χ3v) is 5.85. The van der Waals surface area contributed by atoms with Crippen molar-refractivity contribution in [2.75, 3.05) is 23.9 Å². The molecule has 1 aromatic carbocycles. The van der Waals surface area contributed by atoms with Crippen LogP contribution in [-0.2, 0) is 19.4 Å². The van der Waals surface area contributed by atoms with E-state index in [0.29, 0.717) is 0 Å². The second-order valence-corrected chi connectivity index (χ2v) is 7.99. The van der Waals surface area contributed by atoms with Crippen molar-refractivity contribution in [3.63, 3.8) is 0 Å². The molecule has 0 radical (unpaired) electrons. The van der Waals surface area contributed by atoms with Crippen molar-refractivity contribution in [2.45, 2.75) is 18.4 Å². The Bertz CT molecular complexity index is 601. The first-order valence-corrected chi connectivity index (χ1v) is 8.81. The summed E-state index contributed by atoms with van der Waals surface area (Å²) < 4.78 is 28.8. The Labute approximate surface area is 126 Å². The number of esters is 1. The van der Waals surface area contributed by atoms with Gasteiger partial charge in [0.15, 0.2) is 9.84 Å². The molecule has 7 heteroatoms. The van der Waals surface area contributed by atoms with E-state index in [4.69, 9.17) is 4.74 Å². The molecule has 1 fully saturated rings. The topological polar surface area (TPSA) is 72.5 Å². The minimum Gasteiger partial charge on any atom is -0.467 e. The summed E-state index contributed by atoms with van der Waals surface area (Å²) in [5.74, 6) is -0.456. The highest BCUT2D eigenvalue weighted by molar-refractivity contribution is 9.10. The maximum Gasteiger partial charge on any atom is 0.331 e. The van der Waals surface area contributed by atoms with Gasteiger partial charge in [0.2, 0.25) is 0 Å². The molecule has 0 aromatic heterocycles. The minimum atomic E-state index is -3.06. The highest BCUT2D eigenvalue weighted by Crippen LogP contribution is 2.32. The molecule has 0 amide bonds. The molecule has 110 valence electrons. The van der Waals surface area contributed by atoms with Gasteiger partial charge >= 0.3 is 5.97 Å². The Morgan fingerprint density at radius 2 is 1.90 bits per heavy atom. The molecule has 1 heterocycles. The lowest BCUT2D eigenvalue weighted by Crippen LogP contribution is -2.52. The number of carbonyl (C=O) groups is 1. The van der Waals surface area contributed by atoms with Gasteiger partial charge in [0.1, 0.15) is 5.54 Å². The molecule has 1 aliphatic heterocycles. The van der Waals surface area contributed by atoms with Crippen LogP contribution in [0.5, 0.6) is 0 Å². The maximum atomic E-state index is 12.1. The van der Waals surface area contributed by atoms with Crippen LogP contribution >= 0.6 is 15.9 Å². The number of ether oxygens (including phenoxy) is 1. The van der Waals surface area contributed by atoms with E-state index in [0.717, 1.165) is 10.2 Å². The number of carbonyl (C=O) groups excluding carboxylic acids is 1. The standard InChI is InChI=1S/C13H16BrNO4S/c1-19-12(16)13(6-8-20(17,18)9-7-13)15-11-5-3-2-4-10(11)14/h2-5,15H,6-9H2,1H3. The van der Waals surface area contributed by atoms with Crippen LogP contribution < -0.4 is 5.32 Å². The van der Waals surface area contributed by atoms with Gasteiger partial charge in [-0.25, -0.2) is 13.2 Å². The molecule has 0 saturated carbocycles. The van der Waals surface area contributed by atoms with E-state index in [1.54, 1.807) is 0 Å². The van der Waals surface area contributed by atoms with Gasteiger partial charge < -0.3 is 10.1 Å². The first-order chi connectivity index (χ1) is 9.38. The van der Waals surface area contributed by atoms with Crippen LogP contribution in [0.2, 0.25) is 0 Å². The SMILES string of the molecule is COC(=O)C1(Nc2ccccc2Br)CCS(=O)(=O)CC1. The second kappa shape index (κ2) is 5.73. The Hall–Kier alpha value is -1.08. The van der Waals surface area contributed by atoms with E-state index >= 15 is 0 Å². The summed E-state index contributed by atoms with van der Waals surface area (Å²) in [5.41, 5.74) is -0.235. The first-order valence-electron chi connectivity index (χ1n) is 6.20. The van der Waals surface area contributed by atoms with E-state index in [2.05, 4.69) is 21.2 Å². The lowest BCUT2D eigenvalue weighted by molar-refractivity contribution is -0.146. The summed E-state index contributed by atoms with van der Waals surface area (Å²) in [6.07, 6.45) is 0.423. The van der Waals surface area contributed by atoms with Crippen molar-refractivity contribution in [1.29, 1.82) is 0 Å². The molecule has 2 rings (SSSR count). The highest BCUT2D eigenvalue weighted by atomic mass is 79.9. The van der Waals surface area contributed by atoms with E-state index in [1.165, 1.54) is 7.11 Å². The van der Waals surface area contributed by atoms with Gasteiger partial charge in [-0.2, -0.15) is 0 Å². The summed E-state index contributed by atoms with van der Waals surface area (Å²) in [7, 11) is -1.74. The number of anilines is 1. The quantitative estimate of drug-likeness (QED) is 0.833. The number of benzene rings is 1. The predicted molar refractivity (Wildman–Crippen MR) is 80.4 cm³/mol. The Balaban J connectivity index is 2.30. The van der Waals surface area contributed by atoms with Gasteiger partial charge in [-0.05, 0) is 40.9 Å². The number of para-hydroxylation sites is 1. The van der Waals surface area contributed by atoms with Crippen LogP contribution in [-0.4, -0.2) is 38.5 Å². The van der Waals surface area contributed by atoms with Crippen molar-refractivity contribution < 1.29 is 17.9 Å². The monoisotopic (exact) mass is 361 g/mol. The average Bonchev–Trinajstić information content (AvgIpc) is 2.43. The van der Waals surface area contributed by atoms with E-state index in [1.807, 2.05) is 24.3 Å². The Morgan fingerprint density at radius 3 is 2.45 bits per heavy atom. The van der Waals surface area contributed by atoms with Gasteiger partial charge in [-0.15, -0.1) is 0 Å². The summed E-state index contributed by atoms with van der Waals surface area (Å²) >= 11 is 3.41. The predicted octanol–water partition coefficient (Wildman–Crippen LogP) is 1.98. The lowest BCUT2D eigenvalue weighted by Gasteiger charge is -2.36. The number of hydrogen-bond acceptors (Lipinski definition) is 5. The van der Waals surface area contributed by atoms with Crippen LogP contribution in [0, 0.1) is 0 Å². The normalized spacial score (nSPS) is 20.1. The first kappa shape index (κ1) is 15.3. The fraction of sp³-hybridized carbons (Fsp3) is 0.462. The highest BCUT2D eigenvalue weighted by Gasteiger charge is 2.44. The molecular weight excluding hydrogens is 346 g/mol. The molecule has 1 aromatic rings. The zero-order valence-corrected chi connectivity index (χ0v) is 13.5. The number of hydrogen-bond donors (Lipinski definition) is 1. The number of rotatable bonds is 3. The molecule has 1 N–H and O–H groups in total. The number of nitrogens with one attached hydrogen (secondary N) is 1. The molecule has 1 saturated heterocycles. The zero-order chi connectivity index (χ0) is 14.8. The third-order valence-electron chi connectivity index (χ3n) is 3.50. The number of sulfone groups is 1. The molecule has 0 spiro atoms. The molecule has 1 aliphatic rings.